The van der Waals surface area contributed by atoms with Crippen LogP contribution in [0.5, 0.6) is 0 Å². The van der Waals surface area contributed by atoms with Gasteiger partial charge in [0.15, 0.2) is 0 Å². The van der Waals surface area contributed by atoms with Gasteiger partial charge in [0.1, 0.15) is 5.82 Å². The molecule has 0 unspecified atom stereocenters. The van der Waals surface area contributed by atoms with E-state index in [-0.39, 0.29) is 17.5 Å². The van der Waals surface area contributed by atoms with Gasteiger partial charge in [-0.05, 0) is 36.4 Å². The molecule has 0 heterocycles. The Labute approximate surface area is 125 Å². The van der Waals surface area contributed by atoms with Gasteiger partial charge in [-0.2, -0.15) is 0 Å². The number of nitrogen functional groups attached to an aromatic ring is 1. The Kier molecular flexibility index (Phi) is 4.87. The fourth-order valence-corrected chi connectivity index (χ4v) is 2.44. The van der Waals surface area contributed by atoms with Crippen molar-refractivity contribution in [1.82, 2.24) is 0 Å². The highest BCUT2D eigenvalue weighted by Crippen LogP contribution is 2.24. The average molecular weight is 311 g/mol. The Morgan fingerprint density at radius 3 is 2.85 bits per heavy atom. The lowest BCUT2D eigenvalue weighted by Gasteiger charge is -2.08. The third kappa shape index (κ3) is 4.15. The molecule has 1 amide bonds. The first kappa shape index (κ1) is 14.7. The Morgan fingerprint density at radius 1 is 1.30 bits per heavy atom. The van der Waals surface area contributed by atoms with Crippen LogP contribution in [0, 0.1) is 5.82 Å². The number of hydrogen-bond donors (Lipinski definition) is 2. The van der Waals surface area contributed by atoms with Gasteiger partial charge in [-0.15, -0.1) is 11.8 Å². The summed E-state index contributed by atoms with van der Waals surface area (Å²) in [5, 5.41) is 3.17. The first-order valence-corrected chi connectivity index (χ1v) is 7.14. The molecule has 104 valence electrons. The van der Waals surface area contributed by atoms with Crippen molar-refractivity contribution in [2.24, 2.45) is 0 Å². The monoisotopic (exact) mass is 310 g/mol. The molecule has 0 aliphatic heterocycles. The first-order valence-electron chi connectivity index (χ1n) is 5.78. The van der Waals surface area contributed by atoms with Crippen LogP contribution in [0.1, 0.15) is 0 Å². The molecule has 0 aromatic heterocycles. The van der Waals surface area contributed by atoms with Gasteiger partial charge in [0.2, 0.25) is 5.91 Å². The predicted molar refractivity (Wildman–Crippen MR) is 81.6 cm³/mol. The minimum atomic E-state index is -0.325. The molecule has 0 saturated heterocycles. The molecule has 6 heteroatoms. The second kappa shape index (κ2) is 6.63. The number of amides is 1. The molecule has 20 heavy (non-hydrogen) atoms. The average Bonchev–Trinajstić information content (AvgIpc) is 2.41. The van der Waals surface area contributed by atoms with Gasteiger partial charge in [-0.25, -0.2) is 4.39 Å². The van der Waals surface area contributed by atoms with Crippen molar-refractivity contribution < 1.29 is 9.18 Å². The summed E-state index contributed by atoms with van der Waals surface area (Å²) in [6, 6.07) is 10.9. The molecule has 2 aromatic rings. The number of rotatable bonds is 4. The predicted octanol–water partition coefficient (Wildman–Crippen LogP) is 3.79. The van der Waals surface area contributed by atoms with Crippen molar-refractivity contribution in [2.45, 2.75) is 4.90 Å². The van der Waals surface area contributed by atoms with E-state index in [1.165, 1.54) is 23.9 Å². The van der Waals surface area contributed by atoms with Gasteiger partial charge in [0.25, 0.3) is 0 Å². The van der Waals surface area contributed by atoms with Crippen LogP contribution >= 0.6 is 23.4 Å². The van der Waals surface area contributed by atoms with E-state index < -0.39 is 0 Å². The summed E-state index contributed by atoms with van der Waals surface area (Å²) in [7, 11) is 0. The summed E-state index contributed by atoms with van der Waals surface area (Å²) in [6.45, 7) is 0. The minimum absolute atomic E-state index is 0.162. The van der Waals surface area contributed by atoms with Gasteiger partial charge in [0.05, 0.1) is 17.1 Å². The van der Waals surface area contributed by atoms with Gasteiger partial charge < -0.3 is 11.1 Å². The molecular weight excluding hydrogens is 299 g/mol. The standard InChI is InChI=1S/C14H12ClFN2OS/c15-9-4-5-12(17)13(6-9)18-14(19)8-20-11-3-1-2-10(16)7-11/h1-7H,8,17H2,(H,18,19). The van der Waals surface area contributed by atoms with E-state index in [4.69, 9.17) is 17.3 Å². The molecule has 0 atom stereocenters. The largest absolute Gasteiger partial charge is 0.397 e. The summed E-state index contributed by atoms with van der Waals surface area (Å²) in [5.41, 5.74) is 6.65. The summed E-state index contributed by atoms with van der Waals surface area (Å²) in [5.74, 6) is -0.391. The number of anilines is 2. The van der Waals surface area contributed by atoms with Crippen molar-refractivity contribution in [2.75, 3.05) is 16.8 Å². The number of carbonyl (C=O) groups excluding carboxylic acids is 1. The Bertz CT molecular complexity index is 636. The van der Waals surface area contributed by atoms with Crippen molar-refractivity contribution in [3.8, 4) is 0 Å². The lowest BCUT2D eigenvalue weighted by Crippen LogP contribution is -2.15. The van der Waals surface area contributed by atoms with E-state index in [1.54, 1.807) is 30.3 Å². The second-order valence-corrected chi connectivity index (χ2v) is 5.51. The Hall–Kier alpha value is -1.72. The highest BCUT2D eigenvalue weighted by Gasteiger charge is 2.07. The van der Waals surface area contributed by atoms with E-state index in [1.807, 2.05) is 0 Å². The first-order chi connectivity index (χ1) is 9.54. The van der Waals surface area contributed by atoms with E-state index in [0.29, 0.717) is 21.3 Å². The maximum Gasteiger partial charge on any atom is 0.234 e. The fourth-order valence-electron chi connectivity index (χ4n) is 1.53. The lowest BCUT2D eigenvalue weighted by atomic mass is 10.2. The molecule has 0 radical (unpaired) electrons. The van der Waals surface area contributed by atoms with Crippen LogP contribution in [-0.4, -0.2) is 11.7 Å². The van der Waals surface area contributed by atoms with Crippen LogP contribution in [0.2, 0.25) is 5.02 Å². The van der Waals surface area contributed by atoms with Crippen molar-refractivity contribution >= 4 is 40.6 Å². The SMILES string of the molecule is Nc1ccc(Cl)cc1NC(=O)CSc1cccc(F)c1. The van der Waals surface area contributed by atoms with Crippen LogP contribution in [0.15, 0.2) is 47.4 Å². The molecule has 0 spiro atoms. The summed E-state index contributed by atoms with van der Waals surface area (Å²) in [4.78, 5) is 12.5. The Balaban J connectivity index is 1.94. The third-order valence-electron chi connectivity index (χ3n) is 2.46. The fraction of sp³-hybridized carbons (Fsp3) is 0.0714. The highest BCUT2D eigenvalue weighted by molar-refractivity contribution is 8.00. The smallest absolute Gasteiger partial charge is 0.234 e. The van der Waals surface area contributed by atoms with Gasteiger partial charge in [0, 0.05) is 9.92 Å². The zero-order valence-corrected chi connectivity index (χ0v) is 12.0. The highest BCUT2D eigenvalue weighted by atomic mass is 35.5. The van der Waals surface area contributed by atoms with E-state index in [0.717, 1.165) is 0 Å². The molecule has 2 rings (SSSR count). The number of halogens is 2. The van der Waals surface area contributed by atoms with Crippen LogP contribution < -0.4 is 11.1 Å². The van der Waals surface area contributed by atoms with Crippen LogP contribution in [-0.2, 0) is 4.79 Å². The van der Waals surface area contributed by atoms with Crippen LogP contribution in [0.25, 0.3) is 0 Å². The quantitative estimate of drug-likeness (QED) is 0.667. The zero-order valence-electron chi connectivity index (χ0n) is 10.4. The van der Waals surface area contributed by atoms with Crippen molar-refractivity contribution in [1.29, 1.82) is 0 Å². The minimum Gasteiger partial charge on any atom is -0.397 e. The maximum atomic E-state index is 13.0. The molecule has 0 aliphatic rings. The lowest BCUT2D eigenvalue weighted by molar-refractivity contribution is -0.113. The van der Waals surface area contributed by atoms with E-state index >= 15 is 0 Å². The summed E-state index contributed by atoms with van der Waals surface area (Å²) >= 11 is 7.08. The van der Waals surface area contributed by atoms with E-state index in [9.17, 15) is 9.18 Å². The molecule has 2 aromatic carbocycles. The molecule has 0 fully saturated rings. The van der Waals surface area contributed by atoms with Crippen LogP contribution in [0.3, 0.4) is 0 Å². The van der Waals surface area contributed by atoms with Crippen LogP contribution in [0.4, 0.5) is 15.8 Å². The molecular formula is C14H12ClFN2OS. The van der Waals surface area contributed by atoms with E-state index in [2.05, 4.69) is 5.32 Å². The van der Waals surface area contributed by atoms with Gasteiger partial charge in [-0.1, -0.05) is 17.7 Å². The number of carbonyl (C=O) groups is 1. The number of nitrogens with one attached hydrogen (secondary N) is 1. The topological polar surface area (TPSA) is 55.1 Å². The number of thioether (sulfide) groups is 1. The molecule has 3 N–H and O–H groups in total. The third-order valence-corrected chi connectivity index (χ3v) is 3.68. The normalized spacial score (nSPS) is 10.3. The molecule has 0 bridgehead atoms. The summed E-state index contributed by atoms with van der Waals surface area (Å²) in [6.07, 6.45) is 0. The zero-order chi connectivity index (χ0) is 14.5. The molecule has 0 saturated carbocycles. The second-order valence-electron chi connectivity index (χ2n) is 4.03. The molecule has 3 nitrogen and oxygen atoms in total. The Morgan fingerprint density at radius 2 is 2.10 bits per heavy atom. The van der Waals surface area contributed by atoms with Gasteiger partial charge >= 0.3 is 0 Å². The number of nitrogens with two attached hydrogens (primary N) is 1. The van der Waals surface area contributed by atoms with Gasteiger partial charge in [-0.3, -0.25) is 4.79 Å². The maximum absolute atomic E-state index is 13.0. The number of benzene rings is 2. The van der Waals surface area contributed by atoms with Crippen molar-refractivity contribution in [3.05, 3.63) is 53.3 Å². The summed E-state index contributed by atoms with van der Waals surface area (Å²) < 4.78 is 13.0. The molecule has 0 aliphatic carbocycles. The number of hydrogen-bond acceptors (Lipinski definition) is 3. The van der Waals surface area contributed by atoms with Crippen molar-refractivity contribution in [3.63, 3.8) is 0 Å².